The number of sulfonamides is 1. The number of nitrogens with zero attached hydrogens (tertiary/aromatic N) is 1. The second-order valence-corrected chi connectivity index (χ2v) is 8.56. The Bertz CT molecular complexity index is 897. The first-order valence-electron chi connectivity index (χ1n) is 8.06. The van der Waals surface area contributed by atoms with Crippen LogP contribution >= 0.6 is 23.2 Å². The van der Waals surface area contributed by atoms with Crippen molar-refractivity contribution in [2.45, 2.75) is 19.4 Å². The summed E-state index contributed by atoms with van der Waals surface area (Å²) in [5, 5.41) is 3.28. The summed E-state index contributed by atoms with van der Waals surface area (Å²) in [6, 6.07) is 10.2. The normalized spacial score (nSPS) is 12.3. The molecule has 1 atom stereocenters. The lowest BCUT2D eigenvalue weighted by atomic mass is 10.1. The van der Waals surface area contributed by atoms with Crippen molar-refractivity contribution in [1.82, 2.24) is 0 Å². The summed E-state index contributed by atoms with van der Waals surface area (Å²) in [6.07, 6.45) is 1.28. The maximum Gasteiger partial charge on any atom is 0.248 e. The molecule has 0 aliphatic rings. The summed E-state index contributed by atoms with van der Waals surface area (Å²) in [7, 11) is -2.23. The Balaban J connectivity index is 2.37. The Morgan fingerprint density at radius 3 is 2.15 bits per heavy atom. The third-order valence-electron chi connectivity index (χ3n) is 3.79. The highest BCUT2D eigenvalue weighted by Gasteiger charge is 2.32. The van der Waals surface area contributed by atoms with Crippen LogP contribution in [0.15, 0.2) is 42.5 Å². The van der Waals surface area contributed by atoms with E-state index in [1.807, 2.05) is 0 Å². The molecule has 6 nitrogen and oxygen atoms in total. The second-order valence-electron chi connectivity index (χ2n) is 5.83. The highest BCUT2D eigenvalue weighted by molar-refractivity contribution is 7.92. The Morgan fingerprint density at radius 1 is 1.15 bits per heavy atom. The predicted molar refractivity (Wildman–Crippen MR) is 109 cm³/mol. The molecule has 0 heterocycles. The fourth-order valence-electron chi connectivity index (χ4n) is 2.63. The molecule has 0 aromatic heterocycles. The van der Waals surface area contributed by atoms with Gasteiger partial charge in [-0.05, 0) is 48.9 Å². The number of hydrogen-bond acceptors (Lipinski definition) is 4. The lowest BCUT2D eigenvalue weighted by molar-refractivity contribution is -0.117. The second kappa shape index (κ2) is 8.82. The molecule has 2 aromatic carbocycles. The number of amides is 1. The van der Waals surface area contributed by atoms with Crippen molar-refractivity contribution in [1.29, 1.82) is 0 Å². The minimum atomic E-state index is -3.78. The van der Waals surface area contributed by atoms with E-state index in [-0.39, 0.29) is 22.2 Å². The van der Waals surface area contributed by atoms with Crippen LogP contribution in [0.4, 0.5) is 11.4 Å². The molecule has 0 spiro atoms. The molecule has 0 saturated heterocycles. The SMILES string of the molecule is CCC(C(=O)Nc1ccc(OC)cc1)N(c1cc(Cl)cc(Cl)c1)S(C)(=O)=O. The molecule has 2 rings (SSSR count). The first-order valence-corrected chi connectivity index (χ1v) is 10.7. The average molecular weight is 431 g/mol. The summed E-state index contributed by atoms with van der Waals surface area (Å²) in [5.41, 5.74) is 0.753. The number of nitrogens with one attached hydrogen (secondary N) is 1. The molecule has 27 heavy (non-hydrogen) atoms. The van der Waals surface area contributed by atoms with Crippen molar-refractivity contribution in [3.05, 3.63) is 52.5 Å². The predicted octanol–water partition coefficient (Wildman–Crippen LogP) is 4.19. The molecule has 1 N–H and O–H groups in total. The van der Waals surface area contributed by atoms with Gasteiger partial charge in [0.1, 0.15) is 11.8 Å². The number of carbonyl (C=O) groups is 1. The van der Waals surface area contributed by atoms with Crippen LogP contribution in [0, 0.1) is 0 Å². The number of anilines is 2. The van der Waals surface area contributed by atoms with Crippen molar-refractivity contribution < 1.29 is 17.9 Å². The Hall–Kier alpha value is -1.96. The zero-order valence-electron chi connectivity index (χ0n) is 15.1. The van der Waals surface area contributed by atoms with Gasteiger partial charge in [-0.15, -0.1) is 0 Å². The summed E-state index contributed by atoms with van der Waals surface area (Å²) < 4.78 is 31.0. The fraction of sp³-hybridized carbons (Fsp3) is 0.278. The molecule has 1 amide bonds. The van der Waals surface area contributed by atoms with Gasteiger partial charge in [0.25, 0.3) is 0 Å². The van der Waals surface area contributed by atoms with Crippen LogP contribution in [0.1, 0.15) is 13.3 Å². The molecular formula is C18H20Cl2N2O4S. The largest absolute Gasteiger partial charge is 0.497 e. The minimum Gasteiger partial charge on any atom is -0.497 e. The van der Waals surface area contributed by atoms with Gasteiger partial charge in [-0.3, -0.25) is 9.10 Å². The van der Waals surface area contributed by atoms with Gasteiger partial charge >= 0.3 is 0 Å². The first-order chi connectivity index (χ1) is 12.7. The van der Waals surface area contributed by atoms with E-state index in [2.05, 4.69) is 5.32 Å². The zero-order valence-corrected chi connectivity index (χ0v) is 17.4. The van der Waals surface area contributed by atoms with Crippen LogP contribution in [-0.4, -0.2) is 33.7 Å². The number of halogens is 2. The number of hydrogen-bond donors (Lipinski definition) is 1. The van der Waals surface area contributed by atoms with Crippen molar-refractivity contribution in [2.75, 3.05) is 23.0 Å². The van der Waals surface area contributed by atoms with Gasteiger partial charge in [0.05, 0.1) is 19.1 Å². The lowest BCUT2D eigenvalue weighted by Gasteiger charge is -2.30. The van der Waals surface area contributed by atoms with Gasteiger partial charge < -0.3 is 10.1 Å². The number of rotatable bonds is 7. The monoisotopic (exact) mass is 430 g/mol. The molecule has 0 aliphatic heterocycles. The van der Waals surface area contributed by atoms with Gasteiger partial charge in [-0.1, -0.05) is 30.1 Å². The summed E-state index contributed by atoms with van der Waals surface area (Å²) in [5.74, 6) is 0.176. The third kappa shape index (κ3) is 5.51. The van der Waals surface area contributed by atoms with Gasteiger partial charge in [0.2, 0.25) is 15.9 Å². The number of carbonyl (C=O) groups excluding carboxylic acids is 1. The van der Waals surface area contributed by atoms with E-state index in [0.717, 1.165) is 10.6 Å². The van der Waals surface area contributed by atoms with E-state index in [1.165, 1.54) is 18.2 Å². The van der Waals surface area contributed by atoms with Crippen molar-refractivity contribution in [2.24, 2.45) is 0 Å². The topological polar surface area (TPSA) is 75.7 Å². The number of benzene rings is 2. The quantitative estimate of drug-likeness (QED) is 0.714. The summed E-state index contributed by atoms with van der Waals surface area (Å²) in [6.45, 7) is 1.72. The van der Waals surface area contributed by atoms with E-state index in [1.54, 1.807) is 38.3 Å². The maximum atomic E-state index is 12.8. The highest BCUT2D eigenvalue weighted by atomic mass is 35.5. The Labute approximate surface area is 169 Å². The van der Waals surface area contributed by atoms with Crippen LogP contribution in [0.3, 0.4) is 0 Å². The molecule has 0 saturated carbocycles. The Morgan fingerprint density at radius 2 is 1.70 bits per heavy atom. The molecule has 0 aliphatic carbocycles. The lowest BCUT2D eigenvalue weighted by Crippen LogP contribution is -2.47. The smallest absolute Gasteiger partial charge is 0.248 e. The van der Waals surface area contributed by atoms with Gasteiger partial charge in [-0.2, -0.15) is 0 Å². The maximum absolute atomic E-state index is 12.8. The summed E-state index contributed by atoms with van der Waals surface area (Å²) in [4.78, 5) is 12.8. The standard InChI is InChI=1S/C18H20Cl2N2O4S/c1-4-17(18(23)21-14-5-7-16(26-2)8-6-14)22(27(3,24)25)15-10-12(19)9-13(20)11-15/h5-11,17H,4H2,1-3H3,(H,21,23). The zero-order chi connectivity index (χ0) is 20.2. The molecule has 0 radical (unpaired) electrons. The van der Waals surface area contributed by atoms with Gasteiger partial charge in [-0.25, -0.2) is 8.42 Å². The minimum absolute atomic E-state index is 0.228. The van der Waals surface area contributed by atoms with E-state index in [4.69, 9.17) is 27.9 Å². The molecule has 2 aromatic rings. The highest BCUT2D eigenvalue weighted by Crippen LogP contribution is 2.29. The van der Waals surface area contributed by atoms with Gasteiger partial charge in [0.15, 0.2) is 0 Å². The van der Waals surface area contributed by atoms with Crippen molar-refractivity contribution in [3.8, 4) is 5.75 Å². The fourth-order valence-corrected chi connectivity index (χ4v) is 4.34. The van der Waals surface area contributed by atoms with Crippen molar-refractivity contribution >= 4 is 50.5 Å². The average Bonchev–Trinajstić information content (AvgIpc) is 2.58. The first kappa shape index (κ1) is 21.3. The van der Waals surface area contributed by atoms with E-state index in [0.29, 0.717) is 11.4 Å². The molecule has 9 heteroatoms. The van der Waals surface area contributed by atoms with Crippen LogP contribution in [0.2, 0.25) is 10.0 Å². The van der Waals surface area contributed by atoms with Crippen LogP contribution < -0.4 is 14.4 Å². The van der Waals surface area contributed by atoms with Gasteiger partial charge in [0, 0.05) is 15.7 Å². The molecule has 0 bridgehead atoms. The van der Waals surface area contributed by atoms with Crippen molar-refractivity contribution in [3.63, 3.8) is 0 Å². The molecular weight excluding hydrogens is 411 g/mol. The van der Waals surface area contributed by atoms with E-state index >= 15 is 0 Å². The third-order valence-corrected chi connectivity index (χ3v) is 5.41. The van der Waals surface area contributed by atoms with Crippen LogP contribution in [-0.2, 0) is 14.8 Å². The molecule has 0 fully saturated rings. The number of ether oxygens (including phenoxy) is 1. The molecule has 146 valence electrons. The van der Waals surface area contributed by atoms with E-state index in [9.17, 15) is 13.2 Å². The Kier molecular flexibility index (Phi) is 6.97. The van der Waals surface area contributed by atoms with Crippen LogP contribution in [0.5, 0.6) is 5.75 Å². The number of methoxy groups -OCH3 is 1. The summed E-state index contributed by atoms with van der Waals surface area (Å²) >= 11 is 12.0. The van der Waals surface area contributed by atoms with Crippen LogP contribution in [0.25, 0.3) is 0 Å². The molecule has 1 unspecified atom stereocenters. The van der Waals surface area contributed by atoms with E-state index < -0.39 is 22.0 Å².